The highest BCUT2D eigenvalue weighted by Gasteiger charge is 2.38. The first-order chi connectivity index (χ1) is 17.6. The Hall–Kier alpha value is -3.65. The second kappa shape index (κ2) is 14.9. The lowest BCUT2D eigenvalue weighted by molar-refractivity contribution is -0.157. The zero-order valence-corrected chi connectivity index (χ0v) is 23.2. The summed E-state index contributed by atoms with van der Waals surface area (Å²) in [7, 11) is 0. The van der Waals surface area contributed by atoms with Crippen LogP contribution in [0.1, 0.15) is 120 Å². The monoisotopic (exact) mass is 544 g/mol. The number of hydrogen-bond donors (Lipinski definition) is 0. The molecule has 0 N–H and O–H groups in total. The van der Waals surface area contributed by atoms with Crippen molar-refractivity contribution in [3.63, 3.8) is 0 Å². The van der Waals surface area contributed by atoms with E-state index in [0.29, 0.717) is 41.3 Å². The van der Waals surface area contributed by atoms with Crippen LogP contribution in [0.4, 0.5) is 13.2 Å². The van der Waals surface area contributed by atoms with Gasteiger partial charge in [-0.2, -0.15) is 18.2 Å². The molecule has 4 heterocycles. The van der Waals surface area contributed by atoms with Gasteiger partial charge in [0.2, 0.25) is 35.8 Å². The van der Waals surface area contributed by atoms with Crippen molar-refractivity contribution in [2.45, 2.75) is 99.1 Å². The molecule has 212 valence electrons. The Bertz CT molecular complexity index is 1120. The van der Waals surface area contributed by atoms with Crippen molar-refractivity contribution in [2.75, 3.05) is 0 Å². The summed E-state index contributed by atoms with van der Waals surface area (Å²) in [6, 6.07) is 0. The average molecular weight is 545 g/mol. The molecule has 4 aromatic rings. The molecule has 0 atom stereocenters. The van der Waals surface area contributed by atoms with E-state index in [-0.39, 0.29) is 11.8 Å². The van der Waals surface area contributed by atoms with Crippen molar-refractivity contribution in [2.24, 2.45) is 0 Å². The summed E-state index contributed by atoms with van der Waals surface area (Å²) < 4.78 is 54.7. The molecule has 0 fully saturated rings. The van der Waals surface area contributed by atoms with E-state index in [9.17, 15) is 13.2 Å². The normalized spacial score (nSPS) is 11.2. The third-order valence-electron chi connectivity index (χ3n) is 4.14. The summed E-state index contributed by atoms with van der Waals surface area (Å²) in [4.78, 5) is 4.03. The zero-order valence-electron chi connectivity index (χ0n) is 23.2. The van der Waals surface area contributed by atoms with Gasteiger partial charge in [-0.15, -0.1) is 30.6 Å². The van der Waals surface area contributed by atoms with Gasteiger partial charge < -0.3 is 17.8 Å². The van der Waals surface area contributed by atoms with Gasteiger partial charge in [-0.25, -0.2) is 0 Å². The van der Waals surface area contributed by atoms with Crippen LogP contribution in [0, 0.1) is 13.8 Å². The number of halogens is 3. The van der Waals surface area contributed by atoms with Gasteiger partial charge in [0.25, 0.3) is 0 Å². The highest BCUT2D eigenvalue weighted by Crippen LogP contribution is 2.28. The van der Waals surface area contributed by atoms with Crippen molar-refractivity contribution < 1.29 is 30.9 Å². The predicted molar refractivity (Wildman–Crippen MR) is 128 cm³/mol. The van der Waals surface area contributed by atoms with E-state index >= 15 is 0 Å². The SMILES string of the molecule is CC(C)c1nnc(C(F)(F)F)o1.CC(C)c1nnco1.Cc1nc(C(C)C)no1.Cc1nnc(C(C)C)o1. The Balaban J connectivity index is 0.000000256. The van der Waals surface area contributed by atoms with Gasteiger partial charge in [0, 0.05) is 37.5 Å². The molecular weight excluding hydrogens is 509 g/mol. The number of rotatable bonds is 4. The van der Waals surface area contributed by atoms with Crippen molar-refractivity contribution >= 4 is 0 Å². The Morgan fingerprint density at radius 2 is 1.21 bits per heavy atom. The van der Waals surface area contributed by atoms with Gasteiger partial charge in [-0.1, -0.05) is 60.5 Å². The average Bonchev–Trinajstić information content (AvgIpc) is 3.60. The molecule has 0 radical (unpaired) electrons. The van der Waals surface area contributed by atoms with E-state index in [1.165, 1.54) is 6.39 Å². The summed E-state index contributed by atoms with van der Waals surface area (Å²) >= 11 is 0. The molecule has 0 amide bonds. The Morgan fingerprint density at radius 3 is 1.45 bits per heavy atom. The molecule has 0 saturated carbocycles. The van der Waals surface area contributed by atoms with Crippen LogP contribution >= 0.6 is 0 Å². The molecule has 0 aromatic carbocycles. The highest BCUT2D eigenvalue weighted by molar-refractivity contribution is 4.90. The van der Waals surface area contributed by atoms with Crippen molar-refractivity contribution in [1.82, 2.24) is 40.7 Å². The fraction of sp³-hybridized carbons (Fsp3) is 0.652. The third kappa shape index (κ3) is 11.6. The van der Waals surface area contributed by atoms with Crippen molar-refractivity contribution in [1.29, 1.82) is 0 Å². The first-order valence-electron chi connectivity index (χ1n) is 11.9. The first-order valence-corrected chi connectivity index (χ1v) is 11.9. The van der Waals surface area contributed by atoms with Crippen molar-refractivity contribution in [3.05, 3.63) is 47.6 Å². The molecule has 0 unspecified atom stereocenters. The first kappa shape index (κ1) is 32.4. The molecule has 0 bridgehead atoms. The molecule has 4 rings (SSSR count). The van der Waals surface area contributed by atoms with E-state index in [0.717, 1.165) is 5.82 Å². The minimum atomic E-state index is -4.54. The molecule has 0 spiro atoms. The maximum atomic E-state index is 11.9. The molecular formula is C23H35F3N8O4. The highest BCUT2D eigenvalue weighted by atomic mass is 19.4. The molecule has 0 aliphatic carbocycles. The van der Waals surface area contributed by atoms with Crippen LogP contribution in [0.15, 0.2) is 24.2 Å². The van der Waals surface area contributed by atoms with Gasteiger partial charge in [-0.3, -0.25) is 0 Å². The predicted octanol–water partition coefficient (Wildman–Crippen LogP) is 6.41. The van der Waals surface area contributed by atoms with E-state index in [1.54, 1.807) is 27.7 Å². The van der Waals surface area contributed by atoms with Crippen LogP contribution in [-0.2, 0) is 6.18 Å². The smallest absolute Gasteiger partial charge is 0.428 e. The van der Waals surface area contributed by atoms with Crippen LogP contribution in [0.5, 0.6) is 0 Å². The lowest BCUT2D eigenvalue weighted by Crippen LogP contribution is -2.04. The number of alkyl halides is 3. The number of hydrogen-bond acceptors (Lipinski definition) is 12. The van der Waals surface area contributed by atoms with Gasteiger partial charge in [-0.05, 0) is 0 Å². The van der Waals surface area contributed by atoms with Gasteiger partial charge in [0.15, 0.2) is 5.82 Å². The summed E-state index contributed by atoms with van der Waals surface area (Å²) in [5.74, 6) is 3.05. The standard InChI is InChI=1S/C6H7F3N2O.2C6H10N2O.C5H8N2O/c1-3(2)4-10-11-5(12-4)6(7,8)9;1-4(2)6-8-7-5(3)9-6;1-4(2)6-7-5(3)9-8-6;1-4(2)5-7-6-3-8-5/h3H,1-2H3;2*4H,1-3H3;3-4H,1-2H3. The Morgan fingerprint density at radius 1 is 0.658 bits per heavy atom. The van der Waals surface area contributed by atoms with E-state index < -0.39 is 12.1 Å². The molecule has 15 heteroatoms. The number of nitrogens with zero attached hydrogens (tertiary/aromatic N) is 8. The summed E-state index contributed by atoms with van der Waals surface area (Å²) in [5.41, 5.74) is 0. The van der Waals surface area contributed by atoms with E-state index in [1.807, 2.05) is 41.5 Å². The van der Waals surface area contributed by atoms with Crippen LogP contribution in [-0.4, -0.2) is 40.7 Å². The lowest BCUT2D eigenvalue weighted by atomic mass is 10.2. The van der Waals surface area contributed by atoms with Crippen LogP contribution < -0.4 is 0 Å². The summed E-state index contributed by atoms with van der Waals surface area (Å²) in [6.07, 6.45) is -3.20. The van der Waals surface area contributed by atoms with Crippen LogP contribution in [0.3, 0.4) is 0 Å². The van der Waals surface area contributed by atoms with E-state index in [4.69, 9.17) is 13.4 Å². The topological polar surface area (TPSA) is 156 Å². The summed E-state index contributed by atoms with van der Waals surface area (Å²) in [6.45, 7) is 19.1. The molecule has 0 saturated heterocycles. The minimum Gasteiger partial charge on any atom is -0.428 e. The Labute approximate surface area is 218 Å². The maximum absolute atomic E-state index is 11.9. The fourth-order valence-corrected chi connectivity index (χ4v) is 2.11. The summed E-state index contributed by atoms with van der Waals surface area (Å²) in [5, 5.41) is 24.6. The fourth-order valence-electron chi connectivity index (χ4n) is 2.11. The van der Waals surface area contributed by atoms with Crippen LogP contribution in [0.25, 0.3) is 0 Å². The second-order valence-electron chi connectivity index (χ2n) is 9.17. The number of aromatic nitrogens is 8. The molecule has 0 aliphatic rings. The molecule has 4 aromatic heterocycles. The zero-order chi connectivity index (χ0) is 29.0. The Kier molecular flexibility index (Phi) is 12.7. The minimum absolute atomic E-state index is 0.00215. The lowest BCUT2D eigenvalue weighted by Gasteiger charge is -1.98. The van der Waals surface area contributed by atoms with Crippen LogP contribution in [0.2, 0.25) is 0 Å². The van der Waals surface area contributed by atoms with E-state index in [2.05, 4.69) is 45.1 Å². The van der Waals surface area contributed by atoms with Gasteiger partial charge in [0.05, 0.1) is 0 Å². The molecule has 12 nitrogen and oxygen atoms in total. The molecule has 38 heavy (non-hydrogen) atoms. The van der Waals surface area contributed by atoms with Gasteiger partial charge in [0.1, 0.15) is 0 Å². The molecule has 0 aliphatic heterocycles. The van der Waals surface area contributed by atoms with Crippen molar-refractivity contribution in [3.8, 4) is 0 Å². The third-order valence-corrected chi connectivity index (χ3v) is 4.14. The second-order valence-corrected chi connectivity index (χ2v) is 9.17. The maximum Gasteiger partial charge on any atom is 0.470 e. The quantitative estimate of drug-likeness (QED) is 0.279. The number of aryl methyl sites for hydroxylation is 2. The van der Waals surface area contributed by atoms with Gasteiger partial charge >= 0.3 is 12.1 Å². The largest absolute Gasteiger partial charge is 0.470 e.